The summed E-state index contributed by atoms with van der Waals surface area (Å²) in [7, 11) is 0. The fourth-order valence-electron chi connectivity index (χ4n) is 1.09. The quantitative estimate of drug-likeness (QED) is 0.785. The Balaban J connectivity index is 2.51. The van der Waals surface area contributed by atoms with Crippen LogP contribution in [0.15, 0.2) is 0 Å². The molecule has 0 saturated heterocycles. The van der Waals surface area contributed by atoms with Crippen LogP contribution in [0.2, 0.25) is 0 Å². The minimum atomic E-state index is -0.181. The van der Waals surface area contributed by atoms with Crippen molar-refractivity contribution in [1.82, 2.24) is 10.2 Å². The molecule has 0 unspecified atom stereocenters. The van der Waals surface area contributed by atoms with Gasteiger partial charge in [0.2, 0.25) is 5.91 Å². The van der Waals surface area contributed by atoms with E-state index in [1.165, 1.54) is 6.92 Å². The molecular weight excluding hydrogens is 194 g/mol. The molecule has 1 rings (SSSR count). The van der Waals surface area contributed by atoms with Gasteiger partial charge in [0.05, 0.1) is 0 Å². The van der Waals surface area contributed by atoms with Crippen LogP contribution in [0.3, 0.4) is 0 Å². The molecule has 0 saturated carbocycles. The van der Waals surface area contributed by atoms with Crippen molar-refractivity contribution in [1.29, 1.82) is 0 Å². The molecule has 0 aromatic carbocycles. The molecule has 1 aromatic rings. The highest BCUT2D eigenvalue weighted by atomic mass is 16.2. The van der Waals surface area contributed by atoms with Crippen LogP contribution in [0.4, 0.5) is 5.82 Å². The number of Topliss-reactive ketones (excluding diaryl/α,β-unsaturated/α-hetero) is 1. The van der Waals surface area contributed by atoms with Gasteiger partial charge in [0, 0.05) is 24.1 Å². The van der Waals surface area contributed by atoms with E-state index < -0.39 is 0 Å². The number of aryl methyl sites for hydroxylation is 1. The van der Waals surface area contributed by atoms with Crippen LogP contribution in [0.1, 0.15) is 31.0 Å². The molecule has 0 aliphatic rings. The minimum absolute atomic E-state index is 0.0140. The second kappa shape index (κ2) is 4.72. The van der Waals surface area contributed by atoms with E-state index in [0.717, 1.165) is 11.3 Å². The molecule has 15 heavy (non-hydrogen) atoms. The van der Waals surface area contributed by atoms with Crippen molar-refractivity contribution in [2.45, 2.75) is 33.6 Å². The number of carbonyl (C=O) groups is 2. The molecule has 0 atom stereocenters. The van der Waals surface area contributed by atoms with Crippen molar-refractivity contribution in [3.05, 3.63) is 11.3 Å². The standard InChI is InChI=1S/C10H15N3O2/c1-6(14)4-5-9(15)11-10-7(2)8(3)12-13-10/h4-5H2,1-3H3,(H2,11,12,13,15). The maximum atomic E-state index is 11.4. The smallest absolute Gasteiger partial charge is 0.226 e. The molecule has 0 radical (unpaired) electrons. The molecule has 0 spiro atoms. The van der Waals surface area contributed by atoms with E-state index in [-0.39, 0.29) is 24.5 Å². The summed E-state index contributed by atoms with van der Waals surface area (Å²) < 4.78 is 0. The van der Waals surface area contributed by atoms with Crippen LogP contribution < -0.4 is 5.32 Å². The zero-order valence-electron chi connectivity index (χ0n) is 9.18. The van der Waals surface area contributed by atoms with Crippen molar-refractivity contribution in [3.8, 4) is 0 Å². The maximum Gasteiger partial charge on any atom is 0.226 e. The zero-order valence-corrected chi connectivity index (χ0v) is 9.18. The van der Waals surface area contributed by atoms with Gasteiger partial charge in [-0.25, -0.2) is 0 Å². The number of amides is 1. The highest BCUT2D eigenvalue weighted by molar-refractivity contribution is 5.93. The molecule has 82 valence electrons. The average molecular weight is 209 g/mol. The van der Waals surface area contributed by atoms with Crippen LogP contribution in [0.5, 0.6) is 0 Å². The third kappa shape index (κ3) is 3.19. The lowest BCUT2D eigenvalue weighted by Gasteiger charge is -2.01. The van der Waals surface area contributed by atoms with Crippen LogP contribution in [-0.4, -0.2) is 21.9 Å². The number of hydrogen-bond acceptors (Lipinski definition) is 3. The van der Waals surface area contributed by atoms with Crippen molar-refractivity contribution in [2.75, 3.05) is 5.32 Å². The van der Waals surface area contributed by atoms with Crippen molar-refractivity contribution < 1.29 is 9.59 Å². The number of hydrogen-bond donors (Lipinski definition) is 2. The van der Waals surface area contributed by atoms with Gasteiger partial charge in [-0.1, -0.05) is 0 Å². The van der Waals surface area contributed by atoms with Gasteiger partial charge in [-0.15, -0.1) is 0 Å². The summed E-state index contributed by atoms with van der Waals surface area (Å²) in [5.41, 5.74) is 1.85. The number of carbonyl (C=O) groups excluding carboxylic acids is 2. The average Bonchev–Trinajstić information content (AvgIpc) is 2.47. The van der Waals surface area contributed by atoms with Crippen LogP contribution in [0, 0.1) is 13.8 Å². The molecule has 5 nitrogen and oxygen atoms in total. The molecule has 1 aromatic heterocycles. The fourth-order valence-corrected chi connectivity index (χ4v) is 1.09. The van der Waals surface area contributed by atoms with E-state index in [1.807, 2.05) is 13.8 Å². The van der Waals surface area contributed by atoms with Crippen molar-refractivity contribution in [2.24, 2.45) is 0 Å². The second-order valence-corrected chi connectivity index (χ2v) is 3.57. The maximum absolute atomic E-state index is 11.4. The van der Waals surface area contributed by atoms with Gasteiger partial charge in [0.15, 0.2) is 5.82 Å². The normalized spacial score (nSPS) is 10.1. The number of rotatable bonds is 4. The van der Waals surface area contributed by atoms with Gasteiger partial charge in [-0.05, 0) is 20.8 Å². The third-order valence-corrected chi connectivity index (χ3v) is 2.22. The topological polar surface area (TPSA) is 74.8 Å². The lowest BCUT2D eigenvalue weighted by molar-refractivity contribution is -0.121. The number of H-pyrrole nitrogens is 1. The van der Waals surface area contributed by atoms with E-state index >= 15 is 0 Å². The number of aromatic nitrogens is 2. The Labute approximate surface area is 88.3 Å². The van der Waals surface area contributed by atoms with Gasteiger partial charge < -0.3 is 10.1 Å². The fraction of sp³-hybridized carbons (Fsp3) is 0.500. The first-order valence-electron chi connectivity index (χ1n) is 4.81. The third-order valence-electron chi connectivity index (χ3n) is 2.22. The molecule has 5 heteroatoms. The van der Waals surface area contributed by atoms with Gasteiger partial charge in [0.1, 0.15) is 5.78 Å². The van der Waals surface area contributed by atoms with Crippen LogP contribution >= 0.6 is 0 Å². The molecular formula is C10H15N3O2. The molecule has 1 heterocycles. The van der Waals surface area contributed by atoms with Crippen LogP contribution in [0.25, 0.3) is 0 Å². The molecule has 2 N–H and O–H groups in total. The minimum Gasteiger partial charge on any atom is -0.309 e. The van der Waals surface area contributed by atoms with Gasteiger partial charge in [-0.3, -0.25) is 9.89 Å². The van der Waals surface area contributed by atoms with E-state index in [0.29, 0.717) is 5.82 Å². The summed E-state index contributed by atoms with van der Waals surface area (Å²) in [4.78, 5) is 22.0. The first-order chi connectivity index (χ1) is 7.00. The number of nitrogens with zero attached hydrogens (tertiary/aromatic N) is 1. The van der Waals surface area contributed by atoms with E-state index in [2.05, 4.69) is 15.5 Å². The summed E-state index contributed by atoms with van der Waals surface area (Å²) >= 11 is 0. The molecule has 1 amide bonds. The summed E-state index contributed by atoms with van der Waals surface area (Å²) in [6.07, 6.45) is 0.481. The number of nitrogens with one attached hydrogen (secondary N) is 2. The predicted octanol–water partition coefficient (Wildman–Crippen LogP) is 1.33. The monoisotopic (exact) mass is 209 g/mol. The van der Waals surface area contributed by atoms with E-state index in [1.54, 1.807) is 0 Å². The Morgan fingerprint density at radius 2 is 2.00 bits per heavy atom. The zero-order chi connectivity index (χ0) is 11.4. The second-order valence-electron chi connectivity index (χ2n) is 3.57. The Morgan fingerprint density at radius 1 is 1.33 bits per heavy atom. The van der Waals surface area contributed by atoms with Crippen molar-refractivity contribution in [3.63, 3.8) is 0 Å². The van der Waals surface area contributed by atoms with E-state index in [4.69, 9.17) is 0 Å². The van der Waals surface area contributed by atoms with Crippen molar-refractivity contribution >= 4 is 17.5 Å². The summed E-state index contributed by atoms with van der Waals surface area (Å²) in [5, 5.41) is 9.37. The molecule has 0 bridgehead atoms. The highest BCUT2D eigenvalue weighted by Gasteiger charge is 2.09. The highest BCUT2D eigenvalue weighted by Crippen LogP contribution is 2.13. The van der Waals surface area contributed by atoms with Gasteiger partial charge in [-0.2, -0.15) is 5.10 Å². The Hall–Kier alpha value is -1.65. The van der Waals surface area contributed by atoms with Gasteiger partial charge >= 0.3 is 0 Å². The SMILES string of the molecule is CC(=O)CCC(=O)Nc1n[nH]c(C)c1C. The first-order valence-corrected chi connectivity index (χ1v) is 4.81. The Morgan fingerprint density at radius 3 is 2.47 bits per heavy atom. The lowest BCUT2D eigenvalue weighted by Crippen LogP contribution is -2.13. The Bertz CT molecular complexity index is 382. The summed E-state index contributed by atoms with van der Waals surface area (Å²) in [6.45, 7) is 5.23. The predicted molar refractivity (Wildman–Crippen MR) is 56.6 cm³/mol. The first kappa shape index (κ1) is 11.4. The Kier molecular flexibility index (Phi) is 3.60. The number of aromatic amines is 1. The van der Waals surface area contributed by atoms with Gasteiger partial charge in [0.25, 0.3) is 0 Å². The largest absolute Gasteiger partial charge is 0.309 e. The number of anilines is 1. The van der Waals surface area contributed by atoms with Crippen LogP contribution in [-0.2, 0) is 9.59 Å². The lowest BCUT2D eigenvalue weighted by atomic mass is 10.2. The summed E-state index contributed by atoms with van der Waals surface area (Å²) in [6, 6.07) is 0. The number of ketones is 1. The molecule has 0 fully saturated rings. The molecule has 0 aliphatic carbocycles. The summed E-state index contributed by atoms with van der Waals surface area (Å²) in [5.74, 6) is 0.376. The van der Waals surface area contributed by atoms with E-state index in [9.17, 15) is 9.59 Å². The molecule has 0 aliphatic heterocycles.